The first-order chi connectivity index (χ1) is 17.8. The summed E-state index contributed by atoms with van der Waals surface area (Å²) in [5, 5.41) is 11.4. The van der Waals surface area contributed by atoms with Crippen molar-refractivity contribution in [1.82, 2.24) is 4.90 Å². The highest BCUT2D eigenvalue weighted by Gasteiger charge is 2.46. The van der Waals surface area contributed by atoms with Crippen molar-refractivity contribution in [2.75, 3.05) is 32.7 Å². The molecule has 1 saturated heterocycles. The summed E-state index contributed by atoms with van der Waals surface area (Å²) in [5.74, 6) is -0.432. The zero-order chi connectivity index (χ0) is 26.5. The van der Waals surface area contributed by atoms with Gasteiger partial charge in [-0.3, -0.25) is 9.59 Å². The summed E-state index contributed by atoms with van der Waals surface area (Å²) in [7, 11) is 5.45. The fourth-order valence-corrected chi connectivity index (χ4v) is 4.47. The van der Waals surface area contributed by atoms with E-state index in [0.717, 1.165) is 23.2 Å². The number of likely N-dealkylation sites (tertiary alicyclic amines) is 1. The molecule has 3 aromatic carbocycles. The molecule has 0 spiro atoms. The molecular formula is C30H32N2O5. The van der Waals surface area contributed by atoms with Gasteiger partial charge in [-0.2, -0.15) is 0 Å². The molecule has 0 radical (unpaired) electrons. The molecule has 0 aliphatic carbocycles. The number of nitrogens with zero attached hydrogens (tertiary/aromatic N) is 2. The number of Topliss-reactive ketones (excluding diaryl/α,β-unsaturated/α-hetero) is 1. The molecule has 1 atom stereocenters. The SMILES string of the molecule is CCCOc1cccc(/C(O)=C2/C(=O)C(=O)N(Cc3ccccc3OC)C2c2ccc(N(C)C)cc2)c1. The van der Waals surface area contributed by atoms with Crippen molar-refractivity contribution in [2.45, 2.75) is 25.9 Å². The second kappa shape index (κ2) is 11.2. The predicted octanol–water partition coefficient (Wildman–Crippen LogP) is 5.17. The van der Waals surface area contributed by atoms with E-state index in [1.165, 1.54) is 4.90 Å². The highest BCUT2D eigenvalue weighted by Crippen LogP contribution is 2.41. The Kier molecular flexibility index (Phi) is 7.82. The van der Waals surface area contributed by atoms with Crippen LogP contribution in [0.4, 0.5) is 5.69 Å². The fraction of sp³-hybridized carbons (Fsp3) is 0.267. The Morgan fingerprint density at radius 2 is 1.73 bits per heavy atom. The third-order valence-electron chi connectivity index (χ3n) is 6.38. The number of hydrogen-bond acceptors (Lipinski definition) is 6. The summed E-state index contributed by atoms with van der Waals surface area (Å²) in [5.41, 5.74) is 2.92. The lowest BCUT2D eigenvalue weighted by atomic mass is 9.95. The van der Waals surface area contributed by atoms with E-state index < -0.39 is 17.7 Å². The van der Waals surface area contributed by atoms with Crippen LogP contribution < -0.4 is 14.4 Å². The minimum absolute atomic E-state index is 0.0464. The van der Waals surface area contributed by atoms with E-state index in [0.29, 0.717) is 23.7 Å². The van der Waals surface area contributed by atoms with Gasteiger partial charge in [-0.05, 0) is 42.3 Å². The fourth-order valence-electron chi connectivity index (χ4n) is 4.47. The first-order valence-electron chi connectivity index (χ1n) is 12.3. The molecule has 7 heteroatoms. The van der Waals surface area contributed by atoms with Gasteiger partial charge >= 0.3 is 0 Å². The Labute approximate surface area is 217 Å². The number of carbonyl (C=O) groups is 2. The quantitative estimate of drug-likeness (QED) is 0.248. The average Bonchev–Trinajstić information content (AvgIpc) is 3.17. The Bertz CT molecular complexity index is 1310. The molecule has 3 aromatic rings. The molecule has 0 saturated carbocycles. The lowest BCUT2D eigenvalue weighted by Crippen LogP contribution is -2.29. The molecule has 1 heterocycles. The number of para-hydroxylation sites is 1. The summed E-state index contributed by atoms with van der Waals surface area (Å²) in [4.78, 5) is 30.3. The topological polar surface area (TPSA) is 79.3 Å². The van der Waals surface area contributed by atoms with Crippen molar-refractivity contribution in [2.24, 2.45) is 0 Å². The number of ketones is 1. The van der Waals surface area contributed by atoms with Crippen LogP contribution in [0.5, 0.6) is 11.5 Å². The van der Waals surface area contributed by atoms with Crippen LogP contribution >= 0.6 is 0 Å². The number of carbonyl (C=O) groups excluding carboxylic acids is 2. The zero-order valence-electron chi connectivity index (χ0n) is 21.6. The molecule has 0 aromatic heterocycles. The van der Waals surface area contributed by atoms with Crippen LogP contribution in [0, 0.1) is 0 Å². The van der Waals surface area contributed by atoms with Crippen LogP contribution in [0.15, 0.2) is 78.4 Å². The van der Waals surface area contributed by atoms with E-state index >= 15 is 0 Å². The van der Waals surface area contributed by atoms with Gasteiger partial charge in [0.2, 0.25) is 0 Å². The standard InChI is InChI=1S/C30H32N2O5/c1-5-17-37-24-11-8-10-21(18-24)28(33)26-27(20-13-15-23(16-14-20)31(2)3)32(30(35)29(26)34)19-22-9-6-7-12-25(22)36-4/h6-16,18,27,33H,5,17,19H2,1-4H3/b28-26-. The molecule has 37 heavy (non-hydrogen) atoms. The summed E-state index contributed by atoms with van der Waals surface area (Å²) in [6.07, 6.45) is 0.840. The third kappa shape index (κ3) is 5.31. The van der Waals surface area contributed by atoms with E-state index in [9.17, 15) is 14.7 Å². The molecule has 1 N–H and O–H groups in total. The van der Waals surface area contributed by atoms with Crippen molar-refractivity contribution < 1.29 is 24.2 Å². The van der Waals surface area contributed by atoms with Crippen LogP contribution in [0.1, 0.15) is 36.1 Å². The normalized spacial score (nSPS) is 16.6. The molecule has 192 valence electrons. The zero-order valence-corrected chi connectivity index (χ0v) is 21.6. The Morgan fingerprint density at radius 3 is 2.41 bits per heavy atom. The number of methoxy groups -OCH3 is 1. The number of benzene rings is 3. The average molecular weight is 501 g/mol. The molecule has 1 unspecified atom stereocenters. The van der Waals surface area contributed by atoms with E-state index in [1.807, 2.05) is 74.4 Å². The van der Waals surface area contributed by atoms with E-state index in [2.05, 4.69) is 0 Å². The lowest BCUT2D eigenvalue weighted by Gasteiger charge is -2.26. The highest BCUT2D eigenvalue weighted by atomic mass is 16.5. The van der Waals surface area contributed by atoms with Crippen LogP contribution in [0.2, 0.25) is 0 Å². The summed E-state index contributed by atoms with van der Waals surface area (Å²) in [6, 6.07) is 21.2. The molecule has 1 amide bonds. The van der Waals surface area contributed by atoms with Gasteiger partial charge in [-0.15, -0.1) is 0 Å². The van der Waals surface area contributed by atoms with Gasteiger partial charge in [-0.1, -0.05) is 49.4 Å². The van der Waals surface area contributed by atoms with Gasteiger partial charge in [-0.25, -0.2) is 0 Å². The molecule has 1 aliphatic rings. The maximum absolute atomic E-state index is 13.4. The van der Waals surface area contributed by atoms with E-state index in [4.69, 9.17) is 9.47 Å². The van der Waals surface area contributed by atoms with Gasteiger partial charge in [0.25, 0.3) is 11.7 Å². The Balaban J connectivity index is 1.84. The second-order valence-corrected chi connectivity index (χ2v) is 9.10. The first kappa shape index (κ1) is 25.8. The van der Waals surface area contributed by atoms with E-state index in [-0.39, 0.29) is 17.9 Å². The Morgan fingerprint density at radius 1 is 1.00 bits per heavy atom. The van der Waals surface area contributed by atoms with Gasteiger partial charge in [0.15, 0.2) is 0 Å². The van der Waals surface area contributed by atoms with Crippen molar-refractivity contribution in [3.63, 3.8) is 0 Å². The van der Waals surface area contributed by atoms with Crippen LogP contribution in [-0.4, -0.2) is 49.5 Å². The maximum atomic E-state index is 13.4. The number of aliphatic hydroxyl groups excluding tert-OH is 1. The number of rotatable bonds is 9. The highest BCUT2D eigenvalue weighted by molar-refractivity contribution is 6.46. The van der Waals surface area contributed by atoms with Gasteiger partial charge in [0, 0.05) is 30.9 Å². The smallest absolute Gasteiger partial charge is 0.295 e. The van der Waals surface area contributed by atoms with Crippen molar-refractivity contribution in [3.8, 4) is 11.5 Å². The largest absolute Gasteiger partial charge is 0.507 e. The number of ether oxygens (including phenoxy) is 2. The third-order valence-corrected chi connectivity index (χ3v) is 6.38. The monoisotopic (exact) mass is 500 g/mol. The van der Waals surface area contributed by atoms with Crippen LogP contribution in [0.25, 0.3) is 5.76 Å². The number of anilines is 1. The van der Waals surface area contributed by atoms with Crippen molar-refractivity contribution in [3.05, 3.63) is 95.1 Å². The number of hydrogen-bond donors (Lipinski definition) is 1. The molecule has 4 rings (SSSR count). The summed E-state index contributed by atoms with van der Waals surface area (Å²) >= 11 is 0. The Hall–Kier alpha value is -4.26. The molecule has 1 fully saturated rings. The second-order valence-electron chi connectivity index (χ2n) is 9.10. The molecule has 0 bridgehead atoms. The van der Waals surface area contributed by atoms with E-state index in [1.54, 1.807) is 31.4 Å². The first-order valence-corrected chi connectivity index (χ1v) is 12.3. The summed E-state index contributed by atoms with van der Waals surface area (Å²) in [6.45, 7) is 2.69. The number of aliphatic hydroxyl groups is 1. The van der Waals surface area contributed by atoms with Crippen LogP contribution in [-0.2, 0) is 16.1 Å². The lowest BCUT2D eigenvalue weighted by molar-refractivity contribution is -0.140. The number of amides is 1. The molecule has 7 nitrogen and oxygen atoms in total. The van der Waals surface area contributed by atoms with Gasteiger partial charge < -0.3 is 24.4 Å². The minimum Gasteiger partial charge on any atom is -0.507 e. The minimum atomic E-state index is -0.777. The van der Waals surface area contributed by atoms with Crippen molar-refractivity contribution in [1.29, 1.82) is 0 Å². The molecule has 1 aliphatic heterocycles. The predicted molar refractivity (Wildman–Crippen MR) is 144 cm³/mol. The maximum Gasteiger partial charge on any atom is 0.295 e. The van der Waals surface area contributed by atoms with Crippen LogP contribution in [0.3, 0.4) is 0 Å². The summed E-state index contributed by atoms with van der Waals surface area (Å²) < 4.78 is 11.2. The van der Waals surface area contributed by atoms with Gasteiger partial charge in [0.05, 0.1) is 31.9 Å². The molecular weight excluding hydrogens is 468 g/mol. The van der Waals surface area contributed by atoms with Gasteiger partial charge in [0.1, 0.15) is 17.3 Å². The van der Waals surface area contributed by atoms with Crippen molar-refractivity contribution >= 4 is 23.1 Å².